The molecule has 0 amide bonds. The highest BCUT2D eigenvalue weighted by Crippen LogP contribution is 2.07. The highest BCUT2D eigenvalue weighted by atomic mass is 16.5. The molecule has 7 heteroatoms. The maximum Gasteiger partial charge on any atom is 0.223 e. The predicted octanol–water partition coefficient (Wildman–Crippen LogP) is 1.51. The molecule has 0 radical (unpaired) electrons. The van der Waals surface area contributed by atoms with E-state index in [0.29, 0.717) is 30.8 Å². The summed E-state index contributed by atoms with van der Waals surface area (Å²) >= 11 is 0. The summed E-state index contributed by atoms with van der Waals surface area (Å²) in [4.78, 5) is 8.25. The predicted molar refractivity (Wildman–Crippen MR) is 83.8 cm³/mol. The molecule has 0 spiro atoms. The summed E-state index contributed by atoms with van der Waals surface area (Å²) in [5.74, 6) is 2.74. The van der Waals surface area contributed by atoms with Crippen LogP contribution in [0.4, 0.5) is 0 Å². The maximum absolute atomic E-state index is 5.62. The van der Waals surface area contributed by atoms with Gasteiger partial charge in [0.2, 0.25) is 5.89 Å². The van der Waals surface area contributed by atoms with Crippen molar-refractivity contribution in [1.82, 2.24) is 20.8 Å². The molecule has 1 aromatic heterocycles. The van der Waals surface area contributed by atoms with Crippen LogP contribution in [0.1, 0.15) is 18.1 Å². The van der Waals surface area contributed by atoms with Crippen molar-refractivity contribution in [2.45, 2.75) is 19.9 Å². The highest BCUT2D eigenvalue weighted by molar-refractivity contribution is 5.79. The lowest BCUT2D eigenvalue weighted by molar-refractivity contribution is 0.311. The van der Waals surface area contributed by atoms with Crippen molar-refractivity contribution < 1.29 is 9.26 Å². The highest BCUT2D eigenvalue weighted by Gasteiger charge is 2.03. The first-order chi connectivity index (χ1) is 10.8. The molecule has 118 valence electrons. The molecule has 0 saturated heterocycles. The molecular weight excluding hydrogens is 282 g/mol. The number of aliphatic imine (C=N–C) groups is 1. The molecule has 7 nitrogen and oxygen atoms in total. The average Bonchev–Trinajstić information content (AvgIpc) is 2.96. The molecule has 1 heterocycles. The molecule has 0 saturated carbocycles. The van der Waals surface area contributed by atoms with E-state index in [4.69, 9.17) is 9.26 Å². The van der Waals surface area contributed by atoms with Crippen LogP contribution in [0.25, 0.3) is 0 Å². The number of ether oxygens (including phenoxy) is 1. The Morgan fingerprint density at radius 3 is 2.77 bits per heavy atom. The van der Waals surface area contributed by atoms with Crippen molar-refractivity contribution in [1.29, 1.82) is 0 Å². The second kappa shape index (κ2) is 8.66. The summed E-state index contributed by atoms with van der Waals surface area (Å²) < 4.78 is 10.5. The van der Waals surface area contributed by atoms with E-state index in [0.717, 1.165) is 18.7 Å². The van der Waals surface area contributed by atoms with E-state index in [1.54, 1.807) is 14.0 Å². The lowest BCUT2D eigenvalue weighted by Crippen LogP contribution is -2.37. The van der Waals surface area contributed by atoms with Crippen LogP contribution in [-0.2, 0) is 6.54 Å². The Kier molecular flexibility index (Phi) is 6.22. The van der Waals surface area contributed by atoms with Gasteiger partial charge in [-0.2, -0.15) is 4.98 Å². The molecule has 2 rings (SSSR count). The van der Waals surface area contributed by atoms with Crippen LogP contribution >= 0.6 is 0 Å². The standard InChI is InChI=1S/C15H21N5O2/c1-12-19-14(20-22-12)11-18-15(16-2)17-9-6-10-21-13-7-4-3-5-8-13/h3-5,7-8H,6,9-11H2,1-2H3,(H2,16,17,18). The fraction of sp³-hybridized carbons (Fsp3) is 0.400. The largest absolute Gasteiger partial charge is 0.494 e. The van der Waals surface area contributed by atoms with Crippen molar-refractivity contribution in [2.75, 3.05) is 20.2 Å². The number of nitrogens with zero attached hydrogens (tertiary/aromatic N) is 3. The first kappa shape index (κ1) is 15.8. The number of guanidine groups is 1. The Labute approximate surface area is 129 Å². The number of rotatable bonds is 7. The Morgan fingerprint density at radius 1 is 1.27 bits per heavy atom. The van der Waals surface area contributed by atoms with Gasteiger partial charge in [-0.1, -0.05) is 23.4 Å². The van der Waals surface area contributed by atoms with Gasteiger partial charge in [0.15, 0.2) is 11.8 Å². The molecule has 0 aliphatic carbocycles. The van der Waals surface area contributed by atoms with Gasteiger partial charge in [0, 0.05) is 20.5 Å². The molecule has 0 aliphatic heterocycles. The Bertz CT molecular complexity index is 583. The van der Waals surface area contributed by atoms with Gasteiger partial charge in [-0.05, 0) is 18.6 Å². The van der Waals surface area contributed by atoms with E-state index in [9.17, 15) is 0 Å². The number of aromatic nitrogens is 2. The lowest BCUT2D eigenvalue weighted by Gasteiger charge is -2.11. The maximum atomic E-state index is 5.62. The van der Waals surface area contributed by atoms with Crippen molar-refractivity contribution >= 4 is 5.96 Å². The zero-order chi connectivity index (χ0) is 15.6. The van der Waals surface area contributed by atoms with Crippen LogP contribution < -0.4 is 15.4 Å². The SMILES string of the molecule is CN=C(NCCCOc1ccccc1)NCc1noc(C)n1. The quantitative estimate of drug-likeness (QED) is 0.458. The second-order valence-corrected chi connectivity index (χ2v) is 4.60. The topological polar surface area (TPSA) is 84.6 Å². The van der Waals surface area contributed by atoms with Crippen molar-refractivity contribution in [3.8, 4) is 5.75 Å². The summed E-state index contributed by atoms with van der Waals surface area (Å²) in [6.07, 6.45) is 0.872. The van der Waals surface area contributed by atoms with Gasteiger partial charge in [-0.15, -0.1) is 0 Å². The molecule has 0 bridgehead atoms. The average molecular weight is 303 g/mol. The van der Waals surface area contributed by atoms with E-state index in [2.05, 4.69) is 25.8 Å². The third kappa shape index (κ3) is 5.43. The number of para-hydroxylation sites is 1. The second-order valence-electron chi connectivity index (χ2n) is 4.60. The summed E-state index contributed by atoms with van der Waals surface area (Å²) in [5, 5.41) is 10.1. The summed E-state index contributed by atoms with van der Waals surface area (Å²) in [5.41, 5.74) is 0. The smallest absolute Gasteiger partial charge is 0.223 e. The lowest BCUT2D eigenvalue weighted by atomic mass is 10.3. The molecule has 0 aliphatic rings. The molecule has 0 atom stereocenters. The Balaban J connectivity index is 1.60. The van der Waals surface area contributed by atoms with Crippen LogP contribution in [-0.4, -0.2) is 36.3 Å². The number of nitrogens with one attached hydrogen (secondary N) is 2. The van der Waals surface area contributed by atoms with Gasteiger partial charge in [-0.25, -0.2) is 0 Å². The fourth-order valence-corrected chi connectivity index (χ4v) is 1.78. The Hall–Kier alpha value is -2.57. The molecule has 0 unspecified atom stereocenters. The van der Waals surface area contributed by atoms with Crippen LogP contribution in [0.2, 0.25) is 0 Å². The van der Waals surface area contributed by atoms with Gasteiger partial charge in [0.05, 0.1) is 13.2 Å². The third-order valence-electron chi connectivity index (χ3n) is 2.83. The number of hydrogen-bond donors (Lipinski definition) is 2. The van der Waals surface area contributed by atoms with Gasteiger partial charge in [0.25, 0.3) is 0 Å². The van der Waals surface area contributed by atoms with Crippen molar-refractivity contribution in [3.63, 3.8) is 0 Å². The third-order valence-corrected chi connectivity index (χ3v) is 2.83. The van der Waals surface area contributed by atoms with Gasteiger partial charge < -0.3 is 19.9 Å². The molecule has 22 heavy (non-hydrogen) atoms. The van der Waals surface area contributed by atoms with E-state index in [1.807, 2.05) is 30.3 Å². The molecule has 2 N–H and O–H groups in total. The van der Waals surface area contributed by atoms with Crippen LogP contribution in [0, 0.1) is 6.92 Å². The number of hydrogen-bond acceptors (Lipinski definition) is 5. The number of aryl methyl sites for hydroxylation is 1. The van der Waals surface area contributed by atoms with E-state index in [1.165, 1.54) is 0 Å². The van der Waals surface area contributed by atoms with Gasteiger partial charge in [-0.3, -0.25) is 4.99 Å². The molecule has 2 aromatic rings. The van der Waals surface area contributed by atoms with Crippen LogP contribution in [0.15, 0.2) is 39.8 Å². The first-order valence-corrected chi connectivity index (χ1v) is 7.19. The minimum Gasteiger partial charge on any atom is -0.494 e. The molecule has 0 fully saturated rings. The fourth-order valence-electron chi connectivity index (χ4n) is 1.78. The van der Waals surface area contributed by atoms with Crippen molar-refractivity contribution in [3.05, 3.63) is 42.0 Å². The monoisotopic (exact) mass is 303 g/mol. The minimum absolute atomic E-state index is 0.470. The normalized spacial score (nSPS) is 11.3. The van der Waals surface area contributed by atoms with E-state index >= 15 is 0 Å². The van der Waals surface area contributed by atoms with Crippen LogP contribution in [0.5, 0.6) is 5.75 Å². The minimum atomic E-state index is 0.470. The zero-order valence-electron chi connectivity index (χ0n) is 12.9. The van der Waals surface area contributed by atoms with E-state index in [-0.39, 0.29) is 0 Å². The number of benzene rings is 1. The Morgan fingerprint density at radius 2 is 2.09 bits per heavy atom. The summed E-state index contributed by atoms with van der Waals surface area (Å²) in [6.45, 7) is 3.64. The molecule has 1 aromatic carbocycles. The van der Waals surface area contributed by atoms with E-state index < -0.39 is 0 Å². The van der Waals surface area contributed by atoms with Gasteiger partial charge in [0.1, 0.15) is 5.75 Å². The summed E-state index contributed by atoms with van der Waals surface area (Å²) in [6, 6.07) is 9.77. The first-order valence-electron chi connectivity index (χ1n) is 7.19. The summed E-state index contributed by atoms with van der Waals surface area (Å²) in [7, 11) is 1.72. The van der Waals surface area contributed by atoms with Crippen LogP contribution in [0.3, 0.4) is 0 Å². The van der Waals surface area contributed by atoms with Gasteiger partial charge >= 0.3 is 0 Å². The molecular formula is C15H21N5O2. The zero-order valence-corrected chi connectivity index (χ0v) is 12.9. The van der Waals surface area contributed by atoms with Crippen molar-refractivity contribution in [2.24, 2.45) is 4.99 Å².